The van der Waals surface area contributed by atoms with Crippen LogP contribution in [-0.4, -0.2) is 56.8 Å². The normalized spacial score (nSPS) is 14.5. The van der Waals surface area contributed by atoms with Gasteiger partial charge < -0.3 is 24.5 Å². The van der Waals surface area contributed by atoms with Gasteiger partial charge in [-0.15, -0.1) is 0 Å². The lowest BCUT2D eigenvalue weighted by Gasteiger charge is -2.15. The number of esters is 1. The van der Waals surface area contributed by atoms with Gasteiger partial charge in [0.25, 0.3) is 15.9 Å². The number of para-hydroxylation sites is 1. The number of hydrogen-bond acceptors (Lipinski definition) is 9. The number of nitrogens with one attached hydrogen (secondary N) is 2. The third kappa shape index (κ3) is 7.59. The number of amides is 1. The van der Waals surface area contributed by atoms with Crippen LogP contribution in [0.5, 0.6) is 5.75 Å². The number of carbonyl (C=O) groups excluding carboxylic acids is 2. The van der Waals surface area contributed by atoms with Crippen LogP contribution >= 0.6 is 0 Å². The van der Waals surface area contributed by atoms with Gasteiger partial charge in [-0.25, -0.2) is 13.2 Å². The lowest BCUT2D eigenvalue weighted by Crippen LogP contribution is -2.26. The van der Waals surface area contributed by atoms with Crippen LogP contribution in [-0.2, 0) is 26.1 Å². The molecule has 37 heavy (non-hydrogen) atoms. The van der Waals surface area contributed by atoms with Crippen LogP contribution in [0.1, 0.15) is 56.5 Å². The Labute approximate surface area is 218 Å². The van der Waals surface area contributed by atoms with E-state index in [1.165, 1.54) is 44.1 Å². The zero-order valence-corrected chi connectivity index (χ0v) is 23.3. The second-order valence-corrected chi connectivity index (χ2v) is 8.85. The van der Waals surface area contributed by atoms with Gasteiger partial charge >= 0.3 is 5.97 Å². The number of phenols is 1. The molecule has 1 aromatic heterocycles. The number of anilines is 1. The second kappa shape index (κ2) is 14.1. The maximum Gasteiger partial charge on any atom is 0.354 e. The van der Waals surface area contributed by atoms with Gasteiger partial charge in [-0.05, 0) is 38.1 Å². The van der Waals surface area contributed by atoms with Gasteiger partial charge in [0, 0.05) is 14.1 Å². The van der Waals surface area contributed by atoms with Gasteiger partial charge in [0.05, 0.1) is 24.4 Å². The summed E-state index contributed by atoms with van der Waals surface area (Å²) in [5.74, 6) is -1.01. The van der Waals surface area contributed by atoms with Crippen molar-refractivity contribution in [3.63, 3.8) is 0 Å². The molecule has 2 aromatic rings. The summed E-state index contributed by atoms with van der Waals surface area (Å²) in [4.78, 5) is 29.7. The van der Waals surface area contributed by atoms with Crippen molar-refractivity contribution in [2.45, 2.75) is 48.1 Å². The lowest BCUT2D eigenvalue weighted by atomic mass is 10.1. The quantitative estimate of drug-likeness (QED) is 0.357. The van der Waals surface area contributed by atoms with Crippen molar-refractivity contribution < 1.29 is 32.3 Å². The number of carbonyl (C=O) groups is 2. The van der Waals surface area contributed by atoms with Gasteiger partial charge in [0.2, 0.25) is 0 Å². The Hall–Kier alpha value is -3.80. The number of phenolic OH excluding ortho intramolecular Hbond substituents is 1. The minimum Gasteiger partial charge on any atom is -0.505 e. The molecule has 0 fully saturated rings. The average Bonchev–Trinajstić information content (AvgIpc) is 3.40. The zero-order valence-electron chi connectivity index (χ0n) is 22.5. The monoisotopic (exact) mass is 536 g/mol. The molecule has 12 heteroatoms. The Balaban J connectivity index is 0.00000163. The molecule has 204 valence electrons. The fraction of sp³-hybridized carbons (Fsp3) is 0.400. The summed E-state index contributed by atoms with van der Waals surface area (Å²) in [7, 11) is -1.25. The van der Waals surface area contributed by atoms with Crippen LogP contribution in [0.25, 0.3) is 0 Å². The van der Waals surface area contributed by atoms with E-state index in [1.807, 2.05) is 27.7 Å². The minimum absolute atomic E-state index is 0.0000541. The van der Waals surface area contributed by atoms with Crippen molar-refractivity contribution in [3.8, 4) is 5.75 Å². The van der Waals surface area contributed by atoms with E-state index in [2.05, 4.69) is 15.0 Å². The maximum atomic E-state index is 12.7. The highest BCUT2D eigenvalue weighted by atomic mass is 32.2. The molecule has 1 aliphatic heterocycles. The Morgan fingerprint density at radius 1 is 1.14 bits per heavy atom. The number of aliphatic imine (C=N–C) groups is 1. The largest absolute Gasteiger partial charge is 0.505 e. The molecule has 0 saturated heterocycles. The standard InChI is InChI=1S/C21H24N4O7S.2C2H6/c1-5-31-21(28)18-16(23-15-8-6-7-14(17(15)26)20(27)25(3)4)19(24-33(18,29)30)22-11-13-10-9-12(2)32-13;2*1-2/h6-10,23,26H,5,11H2,1-4H3,(H,22,24);2*1-2H3. The molecule has 1 amide bonds. The minimum atomic E-state index is -4.30. The number of nitrogens with zero attached hydrogens (tertiary/aromatic N) is 2. The molecule has 0 unspecified atom stereocenters. The Morgan fingerprint density at radius 2 is 1.78 bits per heavy atom. The molecular formula is C25H36N4O7S. The van der Waals surface area contributed by atoms with Crippen molar-refractivity contribution in [3.05, 3.63) is 58.0 Å². The fourth-order valence-corrected chi connectivity index (χ4v) is 4.24. The second-order valence-electron chi connectivity index (χ2n) is 7.23. The molecule has 1 aliphatic rings. The van der Waals surface area contributed by atoms with E-state index in [9.17, 15) is 23.1 Å². The van der Waals surface area contributed by atoms with Crippen LogP contribution in [0.2, 0.25) is 0 Å². The van der Waals surface area contributed by atoms with E-state index < -0.39 is 32.6 Å². The van der Waals surface area contributed by atoms with Gasteiger partial charge in [0.1, 0.15) is 17.2 Å². The fourth-order valence-electron chi connectivity index (χ4n) is 3.03. The highest BCUT2D eigenvalue weighted by Gasteiger charge is 2.40. The van der Waals surface area contributed by atoms with E-state index in [0.717, 1.165) is 0 Å². The van der Waals surface area contributed by atoms with Crippen molar-refractivity contribution in [2.24, 2.45) is 4.99 Å². The van der Waals surface area contributed by atoms with E-state index in [1.54, 1.807) is 19.1 Å². The molecule has 0 bridgehead atoms. The topological polar surface area (TPSA) is 151 Å². The van der Waals surface area contributed by atoms with Crippen molar-refractivity contribution in [1.29, 1.82) is 0 Å². The summed E-state index contributed by atoms with van der Waals surface area (Å²) < 4.78 is 38.0. The molecule has 1 aromatic carbocycles. The molecule has 3 N–H and O–H groups in total. The smallest absolute Gasteiger partial charge is 0.354 e. The number of sulfonamides is 1. The first-order valence-electron chi connectivity index (χ1n) is 11.9. The zero-order chi connectivity index (χ0) is 28.3. The Bertz CT molecular complexity index is 1260. The first kappa shape index (κ1) is 31.2. The van der Waals surface area contributed by atoms with Crippen molar-refractivity contribution in [2.75, 3.05) is 26.0 Å². The summed E-state index contributed by atoms with van der Waals surface area (Å²) in [6, 6.07) is 7.77. The highest BCUT2D eigenvalue weighted by Crippen LogP contribution is 2.32. The van der Waals surface area contributed by atoms with Gasteiger partial charge in [-0.1, -0.05) is 33.8 Å². The summed E-state index contributed by atoms with van der Waals surface area (Å²) in [6.07, 6.45) is 0. The SMILES string of the molecule is CC.CC.CCOC(=O)C1=C(Nc2cccc(C(=O)N(C)C)c2O)C(=NCc2ccc(C)o2)NS1(=O)=O. The Morgan fingerprint density at radius 3 is 2.32 bits per heavy atom. The number of benzene rings is 1. The van der Waals surface area contributed by atoms with Crippen LogP contribution in [0, 0.1) is 6.92 Å². The number of aryl methyl sites for hydroxylation is 1. The summed E-state index contributed by atoms with van der Waals surface area (Å²) in [5, 5.41) is 13.4. The van der Waals surface area contributed by atoms with Gasteiger partial charge in [0.15, 0.2) is 16.5 Å². The first-order chi connectivity index (χ1) is 17.5. The number of hydrogen-bond donors (Lipinski definition) is 3. The molecule has 0 radical (unpaired) electrons. The van der Waals surface area contributed by atoms with E-state index in [-0.39, 0.29) is 35.9 Å². The first-order valence-corrected chi connectivity index (χ1v) is 13.4. The molecule has 0 atom stereocenters. The van der Waals surface area contributed by atoms with E-state index in [0.29, 0.717) is 11.5 Å². The number of rotatable bonds is 7. The van der Waals surface area contributed by atoms with Crippen LogP contribution in [0.4, 0.5) is 5.69 Å². The van der Waals surface area contributed by atoms with E-state index in [4.69, 9.17) is 9.15 Å². The van der Waals surface area contributed by atoms with Crippen molar-refractivity contribution >= 4 is 33.4 Å². The van der Waals surface area contributed by atoms with E-state index >= 15 is 0 Å². The number of ether oxygens (including phenoxy) is 1. The number of aromatic hydroxyl groups is 1. The average molecular weight is 537 g/mol. The van der Waals surface area contributed by atoms with Crippen LogP contribution in [0.3, 0.4) is 0 Å². The third-order valence-electron chi connectivity index (χ3n) is 4.55. The Kier molecular flexibility index (Phi) is 11.9. The van der Waals surface area contributed by atoms with Crippen LogP contribution < -0.4 is 10.0 Å². The van der Waals surface area contributed by atoms with Crippen molar-refractivity contribution in [1.82, 2.24) is 9.62 Å². The summed E-state index contributed by atoms with van der Waals surface area (Å²) in [5.41, 5.74) is -0.233. The molecule has 0 spiro atoms. The van der Waals surface area contributed by atoms with Crippen LogP contribution in [0.15, 0.2) is 50.3 Å². The molecule has 0 saturated carbocycles. The highest BCUT2D eigenvalue weighted by molar-refractivity contribution is 7.95. The van der Waals surface area contributed by atoms with Gasteiger partial charge in [-0.2, -0.15) is 0 Å². The molecule has 11 nitrogen and oxygen atoms in total. The molecule has 3 rings (SSSR count). The predicted octanol–water partition coefficient (Wildman–Crippen LogP) is 3.77. The number of furan rings is 1. The molecule has 0 aliphatic carbocycles. The predicted molar refractivity (Wildman–Crippen MR) is 143 cm³/mol. The summed E-state index contributed by atoms with van der Waals surface area (Å²) in [6.45, 7) is 11.2. The van der Waals surface area contributed by atoms with Gasteiger partial charge in [-0.3, -0.25) is 14.5 Å². The molecular weight excluding hydrogens is 500 g/mol. The number of amidine groups is 1. The third-order valence-corrected chi connectivity index (χ3v) is 5.92. The lowest BCUT2D eigenvalue weighted by molar-refractivity contribution is -0.137. The maximum absolute atomic E-state index is 12.7. The molecule has 2 heterocycles. The summed E-state index contributed by atoms with van der Waals surface area (Å²) >= 11 is 0.